The Kier molecular flexibility index (Phi) is 5.96. The van der Waals surface area contributed by atoms with Crippen molar-refractivity contribution in [2.45, 2.75) is 11.5 Å². The van der Waals surface area contributed by atoms with Crippen molar-refractivity contribution in [3.8, 4) is 0 Å². The fourth-order valence-electron chi connectivity index (χ4n) is 2.37. The number of para-hydroxylation sites is 1. The summed E-state index contributed by atoms with van der Waals surface area (Å²) in [5, 5.41) is 1.26. The van der Waals surface area contributed by atoms with Gasteiger partial charge in [-0.15, -0.1) is 0 Å². The van der Waals surface area contributed by atoms with Crippen LogP contribution in [0.25, 0.3) is 10.9 Å². The van der Waals surface area contributed by atoms with E-state index in [1.165, 1.54) is 18.2 Å². The van der Waals surface area contributed by atoms with Crippen LogP contribution in [0.4, 0.5) is 0 Å². The molecule has 3 aromatic rings. The van der Waals surface area contributed by atoms with Crippen LogP contribution < -0.4 is 4.72 Å². The summed E-state index contributed by atoms with van der Waals surface area (Å²) in [6, 6.07) is 13.1. The van der Waals surface area contributed by atoms with Gasteiger partial charge in [0, 0.05) is 17.1 Å². The van der Waals surface area contributed by atoms with Gasteiger partial charge < -0.3 is 4.74 Å². The SMILES string of the molecule is O=C(CNS(=O)(=O)c1ccc(Cl)c(Cl)c1)OCc1cccc2cccnc12. The summed E-state index contributed by atoms with van der Waals surface area (Å²) in [6.07, 6.45) is 1.65. The Morgan fingerprint density at radius 3 is 2.63 bits per heavy atom. The summed E-state index contributed by atoms with van der Waals surface area (Å²) < 4.78 is 31.8. The molecule has 0 aliphatic heterocycles. The van der Waals surface area contributed by atoms with Gasteiger partial charge in [-0.25, -0.2) is 8.42 Å². The van der Waals surface area contributed by atoms with Crippen LogP contribution >= 0.6 is 23.2 Å². The molecule has 2 aromatic carbocycles. The summed E-state index contributed by atoms with van der Waals surface area (Å²) in [6.45, 7) is -0.525. The van der Waals surface area contributed by atoms with Gasteiger partial charge in [0.1, 0.15) is 13.2 Å². The maximum atomic E-state index is 12.2. The molecule has 0 aliphatic rings. The fraction of sp³-hybridized carbons (Fsp3) is 0.111. The highest BCUT2D eigenvalue weighted by atomic mass is 35.5. The Morgan fingerprint density at radius 1 is 1.07 bits per heavy atom. The van der Waals surface area contributed by atoms with Gasteiger partial charge in [0.25, 0.3) is 0 Å². The van der Waals surface area contributed by atoms with Crippen LogP contribution in [0, 0.1) is 0 Å². The Bertz CT molecular complexity index is 1100. The van der Waals surface area contributed by atoms with E-state index in [1.807, 2.05) is 24.3 Å². The summed E-state index contributed by atoms with van der Waals surface area (Å²) >= 11 is 11.6. The largest absolute Gasteiger partial charge is 0.460 e. The third kappa shape index (κ3) is 4.75. The molecular weight excluding hydrogens is 411 g/mol. The van der Waals surface area contributed by atoms with Crippen molar-refractivity contribution in [3.63, 3.8) is 0 Å². The van der Waals surface area contributed by atoms with Crippen molar-refractivity contribution < 1.29 is 17.9 Å². The lowest BCUT2D eigenvalue weighted by Gasteiger charge is -2.09. The average Bonchev–Trinajstić information content (AvgIpc) is 2.66. The number of carbonyl (C=O) groups excluding carboxylic acids is 1. The molecule has 0 radical (unpaired) electrons. The maximum Gasteiger partial charge on any atom is 0.321 e. The molecule has 140 valence electrons. The molecule has 0 saturated carbocycles. The van der Waals surface area contributed by atoms with Gasteiger partial charge in [-0.3, -0.25) is 9.78 Å². The topological polar surface area (TPSA) is 85.4 Å². The Morgan fingerprint density at radius 2 is 1.85 bits per heavy atom. The van der Waals surface area contributed by atoms with Crippen molar-refractivity contribution >= 4 is 50.1 Å². The third-order valence-electron chi connectivity index (χ3n) is 3.71. The van der Waals surface area contributed by atoms with E-state index in [1.54, 1.807) is 12.3 Å². The van der Waals surface area contributed by atoms with Gasteiger partial charge in [0.15, 0.2) is 0 Å². The molecule has 1 heterocycles. The van der Waals surface area contributed by atoms with E-state index in [0.29, 0.717) is 0 Å². The summed E-state index contributed by atoms with van der Waals surface area (Å²) in [4.78, 5) is 16.1. The third-order valence-corrected chi connectivity index (χ3v) is 5.85. The van der Waals surface area contributed by atoms with Crippen molar-refractivity contribution in [1.82, 2.24) is 9.71 Å². The van der Waals surface area contributed by atoms with E-state index >= 15 is 0 Å². The Labute approximate surface area is 166 Å². The minimum absolute atomic E-state index is 0.0122. The number of hydrogen-bond acceptors (Lipinski definition) is 5. The molecule has 27 heavy (non-hydrogen) atoms. The highest BCUT2D eigenvalue weighted by Crippen LogP contribution is 2.24. The highest BCUT2D eigenvalue weighted by Gasteiger charge is 2.17. The van der Waals surface area contributed by atoms with Crippen molar-refractivity contribution in [3.05, 3.63) is 70.3 Å². The molecule has 0 bridgehead atoms. The number of esters is 1. The highest BCUT2D eigenvalue weighted by molar-refractivity contribution is 7.89. The van der Waals surface area contributed by atoms with Crippen LogP contribution in [0.2, 0.25) is 10.0 Å². The number of pyridine rings is 1. The van der Waals surface area contributed by atoms with Crippen LogP contribution in [0.5, 0.6) is 0 Å². The quantitative estimate of drug-likeness (QED) is 0.611. The standard InChI is InChI=1S/C18H14Cl2N2O4S/c19-15-7-6-14(9-16(15)20)27(24,25)22-10-17(23)26-11-13-4-1-3-12-5-2-8-21-18(12)13/h1-9,22H,10-11H2. The molecule has 1 N–H and O–H groups in total. The fourth-order valence-corrected chi connectivity index (χ4v) is 3.73. The molecule has 0 unspecified atom stereocenters. The lowest BCUT2D eigenvalue weighted by Crippen LogP contribution is -2.30. The number of rotatable bonds is 6. The molecule has 0 spiro atoms. The molecule has 0 aliphatic carbocycles. The minimum Gasteiger partial charge on any atom is -0.460 e. The number of nitrogens with zero attached hydrogens (tertiary/aromatic N) is 1. The van der Waals surface area contributed by atoms with Crippen LogP contribution in [-0.2, 0) is 26.2 Å². The maximum absolute atomic E-state index is 12.2. The molecule has 1 aromatic heterocycles. The van der Waals surface area contributed by atoms with Gasteiger partial charge in [-0.05, 0) is 24.3 Å². The number of hydrogen-bond donors (Lipinski definition) is 1. The van der Waals surface area contributed by atoms with Crippen LogP contribution in [0.15, 0.2) is 59.6 Å². The number of ether oxygens (including phenoxy) is 1. The van der Waals surface area contributed by atoms with E-state index in [-0.39, 0.29) is 21.5 Å². The van der Waals surface area contributed by atoms with Gasteiger partial charge in [-0.2, -0.15) is 4.72 Å². The average molecular weight is 425 g/mol. The van der Waals surface area contributed by atoms with Crippen LogP contribution in [0.3, 0.4) is 0 Å². The molecule has 0 amide bonds. The number of halogens is 2. The summed E-state index contributed by atoms with van der Waals surface area (Å²) in [7, 11) is -3.92. The molecule has 0 saturated heterocycles. The van der Waals surface area contributed by atoms with Gasteiger partial charge in [0.2, 0.25) is 10.0 Å². The lowest BCUT2D eigenvalue weighted by molar-refractivity contribution is -0.143. The van der Waals surface area contributed by atoms with Crippen molar-refractivity contribution in [2.24, 2.45) is 0 Å². The zero-order valence-corrected chi connectivity index (χ0v) is 16.2. The Hall–Kier alpha value is -2.19. The zero-order chi connectivity index (χ0) is 19.4. The number of carbonyl (C=O) groups is 1. The molecule has 0 fully saturated rings. The lowest BCUT2D eigenvalue weighted by atomic mass is 10.1. The second kappa shape index (κ2) is 8.22. The first kappa shape index (κ1) is 19.6. The Balaban J connectivity index is 1.61. The first-order valence-corrected chi connectivity index (χ1v) is 10.0. The molecule has 3 rings (SSSR count). The predicted octanol–water partition coefficient (Wildman–Crippen LogP) is 3.56. The predicted molar refractivity (Wildman–Crippen MR) is 103 cm³/mol. The molecule has 9 heteroatoms. The van der Waals surface area contributed by atoms with Crippen LogP contribution in [-0.4, -0.2) is 25.9 Å². The molecular formula is C18H14Cl2N2O4S. The minimum atomic E-state index is -3.92. The monoisotopic (exact) mass is 424 g/mol. The second-order valence-electron chi connectivity index (χ2n) is 5.55. The van der Waals surface area contributed by atoms with Gasteiger partial charge in [-0.1, -0.05) is 47.5 Å². The summed E-state index contributed by atoms with van der Waals surface area (Å²) in [5.74, 6) is -0.716. The van der Waals surface area contributed by atoms with Crippen molar-refractivity contribution in [1.29, 1.82) is 0 Å². The van der Waals surface area contributed by atoms with E-state index < -0.39 is 22.5 Å². The first-order chi connectivity index (χ1) is 12.9. The van der Waals surface area contributed by atoms with E-state index in [0.717, 1.165) is 16.5 Å². The number of aromatic nitrogens is 1. The summed E-state index contributed by atoms with van der Waals surface area (Å²) in [5.41, 5.74) is 1.46. The number of nitrogens with one attached hydrogen (secondary N) is 1. The van der Waals surface area contributed by atoms with E-state index in [2.05, 4.69) is 9.71 Å². The van der Waals surface area contributed by atoms with Gasteiger partial charge >= 0.3 is 5.97 Å². The number of fused-ring (bicyclic) bond motifs is 1. The van der Waals surface area contributed by atoms with E-state index in [4.69, 9.17) is 27.9 Å². The second-order valence-corrected chi connectivity index (χ2v) is 8.13. The number of sulfonamides is 1. The molecule has 0 atom stereocenters. The van der Waals surface area contributed by atoms with Crippen LogP contribution in [0.1, 0.15) is 5.56 Å². The normalized spacial score (nSPS) is 11.5. The molecule has 6 nitrogen and oxygen atoms in total. The first-order valence-electron chi connectivity index (χ1n) is 7.80. The zero-order valence-electron chi connectivity index (χ0n) is 13.9. The van der Waals surface area contributed by atoms with Gasteiger partial charge in [0.05, 0.1) is 20.5 Å². The van der Waals surface area contributed by atoms with E-state index in [9.17, 15) is 13.2 Å². The van der Waals surface area contributed by atoms with Crippen molar-refractivity contribution in [2.75, 3.05) is 6.54 Å². The smallest absolute Gasteiger partial charge is 0.321 e. The number of benzene rings is 2.